The third-order valence-electron chi connectivity index (χ3n) is 1.42. The number of hydrogen-bond acceptors (Lipinski definition) is 3. The first-order chi connectivity index (χ1) is 6.41. The van der Waals surface area contributed by atoms with Crippen LogP contribution in [0.4, 0.5) is 13.2 Å². The molecule has 0 N–H and O–H groups in total. The van der Waals surface area contributed by atoms with Crippen molar-refractivity contribution in [3.63, 3.8) is 0 Å². The normalized spacial score (nSPS) is 15.9. The molecule has 2 atom stereocenters. The predicted octanol–water partition coefficient (Wildman–Crippen LogP) is 1.08. The smallest absolute Gasteiger partial charge is 0.384 e. The maximum atomic E-state index is 12.0. The van der Waals surface area contributed by atoms with E-state index in [0.29, 0.717) is 0 Å². The Morgan fingerprint density at radius 2 is 2.14 bits per heavy atom. The van der Waals surface area contributed by atoms with Crippen molar-refractivity contribution in [2.75, 3.05) is 25.2 Å². The molecule has 0 aromatic carbocycles. The van der Waals surface area contributed by atoms with Crippen LogP contribution >= 0.6 is 0 Å². The van der Waals surface area contributed by atoms with Crippen molar-refractivity contribution >= 4 is 10.8 Å². The minimum atomic E-state index is -4.60. The van der Waals surface area contributed by atoms with Crippen molar-refractivity contribution in [3.05, 3.63) is 0 Å². The average Bonchev–Trinajstić information content (AvgIpc) is 2.08. The number of hydrogen-bond donors (Lipinski definition) is 0. The van der Waals surface area contributed by atoms with Gasteiger partial charge >= 0.3 is 6.18 Å². The minimum absolute atomic E-state index is 0.0186. The molecular weight excluding hydrogens is 219 g/mol. The number of alkyl halides is 3. The van der Waals surface area contributed by atoms with E-state index < -0.39 is 28.6 Å². The zero-order valence-electron chi connectivity index (χ0n) is 7.50. The maximum absolute atomic E-state index is 12.0. The van der Waals surface area contributed by atoms with E-state index in [4.69, 9.17) is 5.26 Å². The molecule has 0 saturated carbocycles. The van der Waals surface area contributed by atoms with Gasteiger partial charge in [0.15, 0.2) is 5.92 Å². The fourth-order valence-electron chi connectivity index (χ4n) is 0.650. The summed E-state index contributed by atoms with van der Waals surface area (Å²) in [6.07, 6.45) is -4.60. The lowest BCUT2D eigenvalue weighted by molar-refractivity contribution is -0.153. The molecule has 0 rings (SSSR count). The van der Waals surface area contributed by atoms with Crippen LogP contribution in [0.3, 0.4) is 0 Å². The Balaban J connectivity index is 4.08. The summed E-state index contributed by atoms with van der Waals surface area (Å²) in [7, 11) is -0.300. The summed E-state index contributed by atoms with van der Waals surface area (Å²) in [4.78, 5) is 0. The second-order valence-corrected chi connectivity index (χ2v) is 4.15. The highest BCUT2D eigenvalue weighted by Crippen LogP contribution is 2.26. The van der Waals surface area contributed by atoms with Gasteiger partial charge in [-0.2, -0.15) is 18.4 Å². The molecular formula is C7H10F3NO2S. The minimum Gasteiger partial charge on any atom is -0.384 e. The molecule has 0 aliphatic rings. The van der Waals surface area contributed by atoms with Crippen LogP contribution in [0.2, 0.25) is 0 Å². The van der Waals surface area contributed by atoms with E-state index in [0.717, 1.165) is 6.07 Å². The first-order valence-corrected chi connectivity index (χ1v) is 5.21. The summed E-state index contributed by atoms with van der Waals surface area (Å²) in [5.41, 5.74) is 0. The Hall–Kier alpha value is -0.610. The van der Waals surface area contributed by atoms with Gasteiger partial charge < -0.3 is 4.74 Å². The lowest BCUT2D eigenvalue weighted by Crippen LogP contribution is -2.28. The van der Waals surface area contributed by atoms with Gasteiger partial charge in [0.05, 0.1) is 12.7 Å². The molecule has 82 valence electrons. The van der Waals surface area contributed by atoms with E-state index in [9.17, 15) is 17.4 Å². The quantitative estimate of drug-likeness (QED) is 0.709. The Morgan fingerprint density at radius 1 is 1.57 bits per heavy atom. The Bertz CT molecular complexity index is 236. The Morgan fingerprint density at radius 3 is 2.50 bits per heavy atom. The third kappa shape index (κ3) is 5.19. The maximum Gasteiger partial charge on any atom is 0.405 e. The van der Waals surface area contributed by atoms with Gasteiger partial charge in [0.2, 0.25) is 0 Å². The van der Waals surface area contributed by atoms with Crippen LogP contribution in [0.15, 0.2) is 0 Å². The van der Waals surface area contributed by atoms with E-state index in [1.807, 2.05) is 0 Å². The van der Waals surface area contributed by atoms with Gasteiger partial charge in [0, 0.05) is 29.4 Å². The van der Waals surface area contributed by atoms with Crippen LogP contribution in [0, 0.1) is 17.2 Å². The zero-order valence-corrected chi connectivity index (χ0v) is 8.32. The molecule has 0 saturated heterocycles. The highest BCUT2D eigenvalue weighted by Gasteiger charge is 2.40. The molecule has 3 nitrogen and oxygen atoms in total. The van der Waals surface area contributed by atoms with Crippen molar-refractivity contribution in [3.8, 4) is 6.07 Å². The first kappa shape index (κ1) is 13.4. The van der Waals surface area contributed by atoms with Crippen LogP contribution in [-0.4, -0.2) is 35.6 Å². The van der Waals surface area contributed by atoms with Crippen molar-refractivity contribution in [1.29, 1.82) is 5.26 Å². The van der Waals surface area contributed by atoms with Gasteiger partial charge in [-0.25, -0.2) is 0 Å². The summed E-state index contributed by atoms with van der Waals surface area (Å²) < 4.78 is 51.6. The van der Waals surface area contributed by atoms with Crippen molar-refractivity contribution in [1.82, 2.24) is 0 Å². The van der Waals surface area contributed by atoms with Crippen LogP contribution in [0.1, 0.15) is 0 Å². The largest absolute Gasteiger partial charge is 0.405 e. The number of methoxy groups -OCH3 is 1. The molecule has 0 bridgehead atoms. The summed E-state index contributed by atoms with van der Waals surface area (Å²) >= 11 is 0. The number of nitrogens with zero attached hydrogens (tertiary/aromatic N) is 1. The van der Waals surface area contributed by atoms with Crippen LogP contribution < -0.4 is 0 Å². The summed E-state index contributed by atoms with van der Waals surface area (Å²) in [6, 6.07) is 1.09. The molecule has 0 radical (unpaired) electrons. The molecule has 0 fully saturated rings. The van der Waals surface area contributed by atoms with Crippen LogP contribution in [0.25, 0.3) is 0 Å². The second-order valence-electron chi connectivity index (χ2n) is 2.53. The lowest BCUT2D eigenvalue weighted by atomic mass is 10.2. The third-order valence-corrected chi connectivity index (χ3v) is 2.75. The first-order valence-electron chi connectivity index (χ1n) is 3.72. The molecule has 14 heavy (non-hydrogen) atoms. The lowest BCUT2D eigenvalue weighted by Gasteiger charge is -2.12. The van der Waals surface area contributed by atoms with Gasteiger partial charge in [-0.3, -0.25) is 4.21 Å². The van der Waals surface area contributed by atoms with E-state index in [1.54, 1.807) is 0 Å². The van der Waals surface area contributed by atoms with Gasteiger partial charge in [-0.1, -0.05) is 0 Å². The molecule has 0 aromatic heterocycles. The highest BCUT2D eigenvalue weighted by atomic mass is 32.2. The highest BCUT2D eigenvalue weighted by molar-refractivity contribution is 7.85. The molecule has 0 heterocycles. The fraction of sp³-hybridized carbons (Fsp3) is 0.857. The van der Waals surface area contributed by atoms with Crippen LogP contribution in [-0.2, 0) is 15.5 Å². The Kier molecular flexibility index (Phi) is 5.72. The standard InChI is InChI=1S/C7H10F3NO2S/c1-13-2-3-14(12)5-6(4-11)7(8,9)10/h6H,2-3,5H2,1H3. The SMILES string of the molecule is COCCS(=O)CC(C#N)C(F)(F)F. The molecule has 0 spiro atoms. The van der Waals surface area contributed by atoms with Gasteiger partial charge in [0.25, 0.3) is 0 Å². The number of halogens is 3. The van der Waals surface area contributed by atoms with E-state index >= 15 is 0 Å². The summed E-state index contributed by atoms with van der Waals surface area (Å²) in [5.74, 6) is -2.81. The topological polar surface area (TPSA) is 50.1 Å². The molecule has 0 aliphatic heterocycles. The molecule has 2 unspecified atom stereocenters. The fourth-order valence-corrected chi connectivity index (χ4v) is 1.80. The van der Waals surface area contributed by atoms with E-state index in [-0.39, 0.29) is 12.4 Å². The molecule has 7 heteroatoms. The Labute approximate surface area is 82.3 Å². The van der Waals surface area contributed by atoms with Crippen molar-refractivity contribution in [2.45, 2.75) is 6.18 Å². The number of rotatable bonds is 5. The van der Waals surface area contributed by atoms with Crippen LogP contribution in [0.5, 0.6) is 0 Å². The monoisotopic (exact) mass is 229 g/mol. The van der Waals surface area contributed by atoms with Crippen molar-refractivity contribution in [2.24, 2.45) is 5.92 Å². The number of nitriles is 1. The second kappa shape index (κ2) is 5.98. The zero-order chi connectivity index (χ0) is 11.2. The molecule has 0 aromatic rings. The van der Waals surface area contributed by atoms with Gasteiger partial charge in [-0.05, 0) is 0 Å². The van der Waals surface area contributed by atoms with Gasteiger partial charge in [0.1, 0.15) is 0 Å². The van der Waals surface area contributed by atoms with Crippen molar-refractivity contribution < 1.29 is 22.1 Å². The summed E-state index contributed by atoms with van der Waals surface area (Å²) in [5, 5.41) is 8.20. The average molecular weight is 229 g/mol. The van der Waals surface area contributed by atoms with E-state index in [2.05, 4.69) is 4.74 Å². The molecule has 0 aliphatic carbocycles. The molecule has 0 amide bonds. The van der Waals surface area contributed by atoms with Gasteiger partial charge in [-0.15, -0.1) is 0 Å². The summed E-state index contributed by atoms with van der Waals surface area (Å²) in [6.45, 7) is 0.128. The van der Waals surface area contributed by atoms with E-state index in [1.165, 1.54) is 7.11 Å². The number of ether oxygens (including phenoxy) is 1. The predicted molar refractivity (Wildman–Crippen MR) is 44.9 cm³/mol.